The van der Waals surface area contributed by atoms with Crippen LogP contribution in [0.1, 0.15) is 55.4 Å². The van der Waals surface area contributed by atoms with Crippen LogP contribution in [0.15, 0.2) is 11.7 Å². The molecule has 6 nitrogen and oxygen atoms in total. The molecular formula is C20H35F2NO5Si2. The number of hydrogen-bond acceptors (Lipinski definition) is 5. The molecule has 0 bridgehead atoms. The van der Waals surface area contributed by atoms with E-state index in [9.17, 15) is 19.0 Å². The van der Waals surface area contributed by atoms with Crippen LogP contribution in [0.2, 0.25) is 22.2 Å². The number of aliphatic hydroxyl groups is 2. The minimum Gasteiger partial charge on any atom is -0.414 e. The first kappa shape index (κ1) is 25.6. The van der Waals surface area contributed by atoms with E-state index in [1.54, 1.807) is 0 Å². The molecule has 0 aromatic heterocycles. The van der Waals surface area contributed by atoms with E-state index in [1.807, 2.05) is 55.4 Å². The first-order valence-electron chi connectivity index (χ1n) is 10.6. The molecule has 1 aliphatic heterocycles. The zero-order valence-corrected chi connectivity index (χ0v) is 21.1. The number of nitrogens with zero attached hydrogens (tertiary/aromatic N) is 1. The van der Waals surface area contributed by atoms with E-state index in [-0.39, 0.29) is 22.2 Å². The molecule has 10 heteroatoms. The highest BCUT2D eigenvalue weighted by Crippen LogP contribution is 2.54. The third-order valence-electron chi connectivity index (χ3n) is 6.66. The van der Waals surface area contributed by atoms with Gasteiger partial charge in [-0.3, -0.25) is 4.85 Å². The summed E-state index contributed by atoms with van der Waals surface area (Å²) in [6.07, 6.45) is -6.31. The maximum absolute atomic E-state index is 14.2. The van der Waals surface area contributed by atoms with Gasteiger partial charge in [-0.25, -0.2) is 6.57 Å². The molecule has 0 amide bonds. The van der Waals surface area contributed by atoms with Crippen LogP contribution in [-0.2, 0) is 13.0 Å². The number of rotatable bonds is 5. The second-order valence-corrected chi connectivity index (χ2v) is 18.4. The molecule has 0 radical (unpaired) electrons. The van der Waals surface area contributed by atoms with E-state index in [2.05, 4.69) is 4.85 Å². The molecule has 2 fully saturated rings. The SMILES string of the molecule is [C-]#[N+][C@]1(CO)C(=C(F)F)[C@@H]2O[Si](C(C)C)(C(C)C)O[Si](C(C)C)(C(C)C)O[C@@H]2[C@@H]1O. The molecule has 172 valence electrons. The van der Waals surface area contributed by atoms with Gasteiger partial charge in [-0.15, -0.1) is 0 Å². The number of halogens is 2. The van der Waals surface area contributed by atoms with Crippen LogP contribution in [0.25, 0.3) is 4.85 Å². The zero-order chi connectivity index (χ0) is 23.2. The Labute approximate surface area is 180 Å². The quantitative estimate of drug-likeness (QED) is 0.464. The third-order valence-corrected chi connectivity index (χ3v) is 16.9. The Balaban J connectivity index is 2.86. The molecule has 1 saturated carbocycles. The summed E-state index contributed by atoms with van der Waals surface area (Å²) in [4.78, 5) is 3.29. The van der Waals surface area contributed by atoms with Gasteiger partial charge in [0.2, 0.25) is 0 Å². The van der Waals surface area contributed by atoms with Crippen molar-refractivity contribution >= 4 is 17.1 Å². The molecule has 0 aromatic rings. The van der Waals surface area contributed by atoms with Crippen molar-refractivity contribution in [3.63, 3.8) is 0 Å². The highest BCUT2D eigenvalue weighted by molar-refractivity contribution is 6.84. The van der Waals surface area contributed by atoms with Crippen LogP contribution in [0.5, 0.6) is 0 Å². The smallest absolute Gasteiger partial charge is 0.335 e. The van der Waals surface area contributed by atoms with Gasteiger partial charge in [0.05, 0.1) is 0 Å². The Morgan fingerprint density at radius 2 is 1.43 bits per heavy atom. The molecule has 0 aromatic carbocycles. The molecule has 0 unspecified atom stereocenters. The Hall–Kier alpha value is -0.676. The molecular weight excluding hydrogens is 428 g/mol. The molecule has 2 aliphatic rings. The maximum atomic E-state index is 14.2. The fraction of sp³-hybridized carbons (Fsp3) is 0.850. The first-order chi connectivity index (χ1) is 13.8. The molecule has 1 saturated heterocycles. The van der Waals surface area contributed by atoms with Crippen LogP contribution in [0.3, 0.4) is 0 Å². The van der Waals surface area contributed by atoms with Gasteiger partial charge in [0.15, 0.2) is 6.10 Å². The molecule has 0 spiro atoms. The Morgan fingerprint density at radius 3 is 1.77 bits per heavy atom. The van der Waals surface area contributed by atoms with Crippen LogP contribution in [0, 0.1) is 6.57 Å². The van der Waals surface area contributed by atoms with Gasteiger partial charge >= 0.3 is 22.7 Å². The van der Waals surface area contributed by atoms with Gasteiger partial charge in [-0.05, 0) is 22.2 Å². The molecule has 2 rings (SSSR count). The topological polar surface area (TPSA) is 72.5 Å². The van der Waals surface area contributed by atoms with Gasteiger partial charge in [0.1, 0.15) is 24.4 Å². The summed E-state index contributed by atoms with van der Waals surface area (Å²) < 4.78 is 48.3. The van der Waals surface area contributed by atoms with Crippen molar-refractivity contribution in [1.29, 1.82) is 0 Å². The number of fused-ring (bicyclic) bond motifs is 1. The highest BCUT2D eigenvalue weighted by Gasteiger charge is 2.72. The summed E-state index contributed by atoms with van der Waals surface area (Å²) in [5, 5.41) is 21.0. The van der Waals surface area contributed by atoms with Crippen molar-refractivity contribution in [3.8, 4) is 0 Å². The predicted molar refractivity (Wildman–Crippen MR) is 114 cm³/mol. The summed E-state index contributed by atoms with van der Waals surface area (Å²) in [6.45, 7) is 22.4. The summed E-state index contributed by atoms with van der Waals surface area (Å²) in [5.74, 6) is 0. The van der Waals surface area contributed by atoms with Crippen molar-refractivity contribution in [2.45, 2.75) is 101 Å². The molecule has 1 heterocycles. The minimum atomic E-state index is -3.17. The lowest BCUT2D eigenvalue weighted by molar-refractivity contribution is -0.0162. The van der Waals surface area contributed by atoms with Gasteiger partial charge in [0, 0.05) is 0 Å². The number of aliphatic hydroxyl groups excluding tert-OH is 2. The lowest BCUT2D eigenvalue weighted by Gasteiger charge is -2.46. The molecule has 4 atom stereocenters. The average molecular weight is 464 g/mol. The Morgan fingerprint density at radius 1 is 1.00 bits per heavy atom. The summed E-state index contributed by atoms with van der Waals surface area (Å²) >= 11 is 0. The Bertz CT molecular complexity index is 704. The molecule has 2 N–H and O–H groups in total. The van der Waals surface area contributed by atoms with Gasteiger partial charge < -0.3 is 23.2 Å². The zero-order valence-electron chi connectivity index (χ0n) is 19.1. The van der Waals surface area contributed by atoms with Gasteiger partial charge in [-0.2, -0.15) is 8.78 Å². The Kier molecular flexibility index (Phi) is 7.41. The van der Waals surface area contributed by atoms with Crippen LogP contribution in [-0.4, -0.2) is 57.8 Å². The average Bonchev–Trinajstić information content (AvgIpc) is 2.78. The largest absolute Gasteiger partial charge is 0.414 e. The van der Waals surface area contributed by atoms with E-state index in [0.717, 1.165) is 0 Å². The van der Waals surface area contributed by atoms with E-state index in [1.165, 1.54) is 0 Å². The lowest BCUT2D eigenvalue weighted by atomic mass is 9.93. The van der Waals surface area contributed by atoms with Crippen LogP contribution in [0.4, 0.5) is 8.78 Å². The van der Waals surface area contributed by atoms with E-state index < -0.39 is 59.2 Å². The third kappa shape index (κ3) is 3.52. The molecule has 1 aliphatic carbocycles. The van der Waals surface area contributed by atoms with Crippen molar-refractivity contribution in [3.05, 3.63) is 23.1 Å². The lowest BCUT2D eigenvalue weighted by Crippen LogP contribution is -2.60. The molecule has 30 heavy (non-hydrogen) atoms. The van der Waals surface area contributed by atoms with E-state index in [4.69, 9.17) is 19.5 Å². The van der Waals surface area contributed by atoms with Crippen LogP contribution >= 0.6 is 0 Å². The maximum Gasteiger partial charge on any atom is 0.335 e. The minimum absolute atomic E-state index is 0.0452. The second kappa shape index (κ2) is 8.69. The fourth-order valence-electron chi connectivity index (χ4n) is 4.93. The van der Waals surface area contributed by atoms with Crippen molar-refractivity contribution < 1.29 is 32.0 Å². The fourth-order valence-corrected chi connectivity index (χ4v) is 16.2. The second-order valence-electron chi connectivity index (χ2n) is 9.60. The van der Waals surface area contributed by atoms with Gasteiger partial charge in [0.25, 0.3) is 6.08 Å². The van der Waals surface area contributed by atoms with Crippen LogP contribution < -0.4 is 0 Å². The normalized spacial score (nSPS) is 33.2. The highest BCUT2D eigenvalue weighted by atomic mass is 28.5. The summed E-state index contributed by atoms with van der Waals surface area (Å²) in [5.41, 5.74) is -3.11. The van der Waals surface area contributed by atoms with E-state index in [0.29, 0.717) is 0 Å². The summed E-state index contributed by atoms with van der Waals surface area (Å²) in [6, 6.07) is 0. The van der Waals surface area contributed by atoms with Gasteiger partial charge in [-0.1, -0.05) is 55.4 Å². The van der Waals surface area contributed by atoms with Crippen molar-refractivity contribution in [2.24, 2.45) is 0 Å². The van der Waals surface area contributed by atoms with E-state index >= 15 is 0 Å². The summed E-state index contributed by atoms with van der Waals surface area (Å²) in [7, 11) is -6.27. The van der Waals surface area contributed by atoms with Crippen molar-refractivity contribution in [1.82, 2.24) is 0 Å². The predicted octanol–water partition coefficient (Wildman–Crippen LogP) is 4.49. The standard InChI is InChI=1S/C20H35F2NO5Si2/c1-11(2)29(12(3)4)26-16-15(19(21)22)20(10-24,23-9)18(25)17(16)27-30(28-29,13(5)6)14(7)8/h11-14,16-18,24-25H,10H2,1-8H3/t16-,17-,18-,20+/m0/s1. The first-order valence-corrected chi connectivity index (χ1v) is 14.5. The van der Waals surface area contributed by atoms with Crippen molar-refractivity contribution in [2.75, 3.05) is 6.61 Å². The monoisotopic (exact) mass is 463 g/mol. The number of hydrogen-bond donors (Lipinski definition) is 2.